The second-order valence-corrected chi connectivity index (χ2v) is 4.91. The average Bonchev–Trinajstić information content (AvgIpc) is 2.30. The molecule has 0 radical (unpaired) electrons. The minimum Gasteiger partial charge on any atom is -0.481 e. The van der Waals surface area contributed by atoms with Gasteiger partial charge >= 0.3 is 5.97 Å². The van der Waals surface area contributed by atoms with E-state index < -0.39 is 5.97 Å². The molecule has 0 saturated carbocycles. The van der Waals surface area contributed by atoms with Gasteiger partial charge in [-0.25, -0.2) is 0 Å². The van der Waals surface area contributed by atoms with Crippen LogP contribution in [0.1, 0.15) is 44.9 Å². The molecule has 0 bridgehead atoms. The summed E-state index contributed by atoms with van der Waals surface area (Å²) in [5.74, 6) is -0.656. The van der Waals surface area contributed by atoms with Gasteiger partial charge in [0.05, 0.1) is 6.42 Å². The van der Waals surface area contributed by atoms with Crippen LogP contribution in [0, 0.1) is 0 Å². The topological polar surface area (TPSA) is 40.5 Å². The van der Waals surface area contributed by atoms with Crippen molar-refractivity contribution in [3.8, 4) is 0 Å². The van der Waals surface area contributed by atoms with Gasteiger partial charge in [-0.2, -0.15) is 0 Å². The number of aliphatic carboxylic acids is 1. The predicted octanol–water partition coefficient (Wildman–Crippen LogP) is 2.42. The van der Waals surface area contributed by atoms with E-state index in [1.54, 1.807) is 0 Å². The molecule has 16 heavy (non-hydrogen) atoms. The van der Waals surface area contributed by atoms with Crippen molar-refractivity contribution < 1.29 is 9.90 Å². The van der Waals surface area contributed by atoms with Crippen LogP contribution in [-0.2, 0) is 4.79 Å². The minimum atomic E-state index is -0.656. The normalized spacial score (nSPS) is 31.5. The van der Waals surface area contributed by atoms with Gasteiger partial charge in [0.1, 0.15) is 0 Å². The Morgan fingerprint density at radius 3 is 2.88 bits per heavy atom. The Balaban J connectivity index is 2.00. The molecule has 0 aromatic carbocycles. The highest BCUT2D eigenvalue weighted by Gasteiger charge is 2.29. The monoisotopic (exact) mass is 223 g/mol. The van der Waals surface area contributed by atoms with Gasteiger partial charge in [-0.3, -0.25) is 9.69 Å². The van der Waals surface area contributed by atoms with Gasteiger partial charge in [-0.05, 0) is 38.6 Å². The van der Waals surface area contributed by atoms with E-state index in [-0.39, 0.29) is 6.04 Å². The van der Waals surface area contributed by atoms with Crippen LogP contribution in [0.2, 0.25) is 0 Å². The molecular formula is C13H21NO2. The van der Waals surface area contributed by atoms with Crippen LogP contribution in [0.3, 0.4) is 0 Å². The molecule has 0 spiro atoms. The first-order valence-electron chi connectivity index (χ1n) is 6.41. The standard InChI is InChI=1S/C13H21NO2/c15-13(16)10-12-8-4-5-9-14(12)11-6-2-1-3-7-11/h2,6,11-12H,1,3-5,7-10H2,(H,15,16). The fourth-order valence-electron chi connectivity index (χ4n) is 2.95. The third-order valence-corrected chi connectivity index (χ3v) is 3.74. The summed E-state index contributed by atoms with van der Waals surface area (Å²) in [4.78, 5) is 13.3. The van der Waals surface area contributed by atoms with E-state index in [0.29, 0.717) is 12.5 Å². The first-order chi connectivity index (χ1) is 7.77. The summed E-state index contributed by atoms with van der Waals surface area (Å²) < 4.78 is 0. The van der Waals surface area contributed by atoms with Gasteiger partial charge in [-0.1, -0.05) is 18.6 Å². The molecule has 1 aliphatic carbocycles. The maximum atomic E-state index is 10.9. The van der Waals surface area contributed by atoms with E-state index in [4.69, 9.17) is 5.11 Å². The molecule has 3 nitrogen and oxygen atoms in total. The quantitative estimate of drug-likeness (QED) is 0.747. The Kier molecular flexibility index (Phi) is 3.99. The molecule has 1 fully saturated rings. The lowest BCUT2D eigenvalue weighted by Crippen LogP contribution is -2.46. The van der Waals surface area contributed by atoms with Crippen molar-refractivity contribution in [1.29, 1.82) is 0 Å². The van der Waals surface area contributed by atoms with Gasteiger partial charge in [0.15, 0.2) is 0 Å². The molecule has 1 aliphatic heterocycles. The highest BCUT2D eigenvalue weighted by Crippen LogP contribution is 2.26. The summed E-state index contributed by atoms with van der Waals surface area (Å²) in [6, 6.07) is 0.761. The van der Waals surface area contributed by atoms with Crippen molar-refractivity contribution in [2.24, 2.45) is 0 Å². The molecule has 2 rings (SSSR count). The molecule has 2 aliphatic rings. The lowest BCUT2D eigenvalue weighted by molar-refractivity contribution is -0.139. The van der Waals surface area contributed by atoms with E-state index >= 15 is 0 Å². The van der Waals surface area contributed by atoms with Gasteiger partial charge in [0.2, 0.25) is 0 Å². The molecule has 2 unspecified atom stereocenters. The number of carbonyl (C=O) groups is 1. The van der Waals surface area contributed by atoms with Gasteiger partial charge in [0.25, 0.3) is 0 Å². The Labute approximate surface area is 97.1 Å². The van der Waals surface area contributed by atoms with E-state index in [9.17, 15) is 4.79 Å². The highest BCUT2D eigenvalue weighted by molar-refractivity contribution is 5.67. The largest absolute Gasteiger partial charge is 0.481 e. The lowest BCUT2D eigenvalue weighted by Gasteiger charge is -2.40. The maximum absolute atomic E-state index is 10.9. The summed E-state index contributed by atoms with van der Waals surface area (Å²) in [6.45, 7) is 1.08. The lowest BCUT2D eigenvalue weighted by atomic mass is 9.93. The number of hydrogen-bond donors (Lipinski definition) is 1. The molecule has 2 atom stereocenters. The van der Waals surface area contributed by atoms with Crippen molar-refractivity contribution in [2.75, 3.05) is 6.54 Å². The number of hydrogen-bond acceptors (Lipinski definition) is 2. The zero-order valence-corrected chi connectivity index (χ0v) is 9.77. The summed E-state index contributed by atoms with van der Waals surface area (Å²) in [5.41, 5.74) is 0. The van der Waals surface area contributed by atoms with Crippen LogP contribution in [0.4, 0.5) is 0 Å². The van der Waals surface area contributed by atoms with E-state index in [0.717, 1.165) is 13.0 Å². The van der Waals surface area contributed by atoms with E-state index in [1.165, 1.54) is 32.1 Å². The van der Waals surface area contributed by atoms with Crippen LogP contribution in [0.15, 0.2) is 12.2 Å². The molecule has 1 saturated heterocycles. The first kappa shape index (κ1) is 11.6. The number of carboxylic acid groups (broad SMARTS) is 1. The SMILES string of the molecule is O=C(O)CC1CCCCN1C1C=CCCC1. The van der Waals surface area contributed by atoms with E-state index in [1.807, 2.05) is 0 Å². The Morgan fingerprint density at radius 1 is 1.31 bits per heavy atom. The number of piperidine rings is 1. The van der Waals surface area contributed by atoms with Crippen molar-refractivity contribution in [3.05, 3.63) is 12.2 Å². The van der Waals surface area contributed by atoms with Gasteiger partial charge < -0.3 is 5.11 Å². The first-order valence-corrected chi connectivity index (χ1v) is 6.41. The average molecular weight is 223 g/mol. The van der Waals surface area contributed by atoms with Crippen LogP contribution < -0.4 is 0 Å². The molecule has 0 amide bonds. The molecule has 1 heterocycles. The molecule has 3 heteroatoms. The van der Waals surface area contributed by atoms with Crippen molar-refractivity contribution in [3.63, 3.8) is 0 Å². The summed E-state index contributed by atoms with van der Waals surface area (Å²) in [5, 5.41) is 8.94. The van der Waals surface area contributed by atoms with Crippen LogP contribution in [0.25, 0.3) is 0 Å². The Hall–Kier alpha value is -0.830. The second-order valence-electron chi connectivity index (χ2n) is 4.91. The predicted molar refractivity (Wildman–Crippen MR) is 63.4 cm³/mol. The number of carboxylic acids is 1. The van der Waals surface area contributed by atoms with Gasteiger partial charge in [-0.15, -0.1) is 0 Å². The third kappa shape index (κ3) is 2.85. The highest BCUT2D eigenvalue weighted by atomic mass is 16.4. The molecule has 1 N–H and O–H groups in total. The maximum Gasteiger partial charge on any atom is 0.304 e. The van der Waals surface area contributed by atoms with Crippen LogP contribution in [0.5, 0.6) is 0 Å². The summed E-state index contributed by atoms with van der Waals surface area (Å²) in [7, 11) is 0. The number of rotatable bonds is 3. The fraction of sp³-hybridized carbons (Fsp3) is 0.769. The smallest absolute Gasteiger partial charge is 0.304 e. The zero-order valence-electron chi connectivity index (χ0n) is 9.77. The van der Waals surface area contributed by atoms with Gasteiger partial charge in [0, 0.05) is 12.1 Å². The number of nitrogens with zero attached hydrogens (tertiary/aromatic N) is 1. The Morgan fingerprint density at radius 2 is 2.19 bits per heavy atom. The van der Waals surface area contributed by atoms with E-state index in [2.05, 4.69) is 17.1 Å². The molecule has 90 valence electrons. The van der Waals surface area contributed by atoms with Crippen molar-refractivity contribution in [1.82, 2.24) is 4.90 Å². The third-order valence-electron chi connectivity index (χ3n) is 3.74. The summed E-state index contributed by atoms with van der Waals surface area (Å²) >= 11 is 0. The number of likely N-dealkylation sites (tertiary alicyclic amines) is 1. The zero-order chi connectivity index (χ0) is 11.4. The molecule has 0 aromatic rings. The van der Waals surface area contributed by atoms with Crippen molar-refractivity contribution in [2.45, 2.75) is 57.0 Å². The summed E-state index contributed by atoms with van der Waals surface area (Å²) in [6.07, 6.45) is 11.9. The molecule has 0 aromatic heterocycles. The molecular weight excluding hydrogens is 202 g/mol. The Bertz CT molecular complexity index is 275. The second kappa shape index (κ2) is 5.48. The van der Waals surface area contributed by atoms with Crippen LogP contribution in [-0.4, -0.2) is 34.6 Å². The fourth-order valence-corrected chi connectivity index (χ4v) is 2.95. The van der Waals surface area contributed by atoms with Crippen LogP contribution >= 0.6 is 0 Å². The minimum absolute atomic E-state index is 0.263. The number of allylic oxidation sites excluding steroid dienone is 1. The van der Waals surface area contributed by atoms with Crippen molar-refractivity contribution >= 4 is 5.97 Å².